The van der Waals surface area contributed by atoms with E-state index < -0.39 is 10.0 Å². The SMILES string of the molecule is CCCNCCS(=O)(=O)NC(C)c1ccc(C)s1. The van der Waals surface area contributed by atoms with E-state index in [0.717, 1.165) is 17.8 Å². The van der Waals surface area contributed by atoms with Crippen molar-refractivity contribution in [1.82, 2.24) is 10.0 Å². The van der Waals surface area contributed by atoms with E-state index in [-0.39, 0.29) is 11.8 Å². The highest BCUT2D eigenvalue weighted by Gasteiger charge is 2.16. The van der Waals surface area contributed by atoms with Crippen LogP contribution in [-0.4, -0.2) is 27.3 Å². The van der Waals surface area contributed by atoms with Crippen LogP contribution in [-0.2, 0) is 10.0 Å². The standard InChI is InChI=1S/C12H22N2O2S2/c1-4-7-13-8-9-18(15,16)14-11(3)12-6-5-10(2)17-12/h5-6,11,13-14H,4,7-9H2,1-3H3. The molecular formula is C12H22N2O2S2. The normalized spacial score (nSPS) is 13.7. The van der Waals surface area contributed by atoms with Gasteiger partial charge in [-0.3, -0.25) is 0 Å². The molecule has 1 unspecified atom stereocenters. The second kappa shape index (κ2) is 7.23. The van der Waals surface area contributed by atoms with Crippen molar-refractivity contribution in [3.05, 3.63) is 21.9 Å². The van der Waals surface area contributed by atoms with Crippen molar-refractivity contribution in [2.45, 2.75) is 33.2 Å². The van der Waals surface area contributed by atoms with Gasteiger partial charge in [0.25, 0.3) is 0 Å². The lowest BCUT2D eigenvalue weighted by molar-refractivity contribution is 0.564. The van der Waals surface area contributed by atoms with Crippen molar-refractivity contribution in [3.63, 3.8) is 0 Å². The lowest BCUT2D eigenvalue weighted by atomic mass is 10.3. The van der Waals surface area contributed by atoms with Gasteiger partial charge in [-0.15, -0.1) is 11.3 Å². The molecule has 0 aliphatic heterocycles. The quantitative estimate of drug-likeness (QED) is 0.720. The van der Waals surface area contributed by atoms with Crippen LogP contribution in [0.3, 0.4) is 0 Å². The fourth-order valence-corrected chi connectivity index (χ4v) is 3.73. The molecule has 2 N–H and O–H groups in total. The van der Waals surface area contributed by atoms with Crippen LogP contribution in [0.5, 0.6) is 0 Å². The molecule has 0 amide bonds. The van der Waals surface area contributed by atoms with Gasteiger partial charge in [-0.1, -0.05) is 6.92 Å². The predicted molar refractivity (Wildman–Crippen MR) is 77.6 cm³/mol. The molecule has 1 aromatic rings. The van der Waals surface area contributed by atoms with Crippen LogP contribution in [0.25, 0.3) is 0 Å². The molecule has 0 saturated heterocycles. The maximum Gasteiger partial charge on any atom is 0.213 e. The Labute approximate surface area is 114 Å². The molecule has 0 fully saturated rings. The first kappa shape index (κ1) is 15.6. The molecule has 0 aliphatic rings. The lowest BCUT2D eigenvalue weighted by Gasteiger charge is -2.13. The minimum absolute atomic E-state index is 0.127. The highest BCUT2D eigenvalue weighted by molar-refractivity contribution is 7.89. The molecule has 0 bridgehead atoms. The molecule has 1 heterocycles. The Morgan fingerprint density at radius 1 is 1.33 bits per heavy atom. The maximum atomic E-state index is 11.8. The van der Waals surface area contributed by atoms with Gasteiger partial charge in [-0.05, 0) is 38.9 Å². The third-order valence-corrected chi connectivity index (χ3v) is 5.16. The Hall–Kier alpha value is -0.430. The number of nitrogens with one attached hydrogen (secondary N) is 2. The fourth-order valence-electron chi connectivity index (χ4n) is 1.58. The summed E-state index contributed by atoms with van der Waals surface area (Å²) in [6, 6.07) is 3.83. The van der Waals surface area contributed by atoms with Crippen LogP contribution in [0.4, 0.5) is 0 Å². The van der Waals surface area contributed by atoms with E-state index >= 15 is 0 Å². The van der Waals surface area contributed by atoms with Crippen molar-refractivity contribution in [3.8, 4) is 0 Å². The Morgan fingerprint density at radius 3 is 2.61 bits per heavy atom. The van der Waals surface area contributed by atoms with Gasteiger partial charge in [0.05, 0.1) is 11.8 Å². The molecule has 0 aromatic carbocycles. The number of thiophene rings is 1. The van der Waals surface area contributed by atoms with Gasteiger partial charge in [0.15, 0.2) is 0 Å². The Bertz CT molecular complexity index is 454. The third-order valence-electron chi connectivity index (χ3n) is 2.52. The third kappa shape index (κ3) is 5.48. The first-order valence-corrected chi connectivity index (χ1v) is 8.68. The van der Waals surface area contributed by atoms with Crippen LogP contribution in [0.15, 0.2) is 12.1 Å². The molecule has 1 aromatic heterocycles. The predicted octanol–water partition coefficient (Wildman–Crippen LogP) is 2.04. The van der Waals surface area contributed by atoms with E-state index in [1.807, 2.05) is 26.0 Å². The molecule has 18 heavy (non-hydrogen) atoms. The average Bonchev–Trinajstić information content (AvgIpc) is 2.71. The molecule has 4 nitrogen and oxygen atoms in total. The summed E-state index contributed by atoms with van der Waals surface area (Å²) in [4.78, 5) is 2.25. The second-order valence-corrected chi connectivity index (χ2v) is 7.55. The Morgan fingerprint density at radius 2 is 2.06 bits per heavy atom. The average molecular weight is 290 g/mol. The molecular weight excluding hydrogens is 268 g/mol. The van der Waals surface area contributed by atoms with Crippen LogP contribution in [0.2, 0.25) is 0 Å². The Kier molecular flexibility index (Phi) is 6.28. The van der Waals surface area contributed by atoms with E-state index in [9.17, 15) is 8.42 Å². The van der Waals surface area contributed by atoms with Crippen molar-refractivity contribution in [2.24, 2.45) is 0 Å². The van der Waals surface area contributed by atoms with Crippen LogP contribution in [0, 0.1) is 6.92 Å². The van der Waals surface area contributed by atoms with Crippen molar-refractivity contribution in [2.75, 3.05) is 18.8 Å². The summed E-state index contributed by atoms with van der Waals surface area (Å²) in [7, 11) is -3.21. The molecule has 0 spiro atoms. The zero-order valence-electron chi connectivity index (χ0n) is 11.2. The Balaban J connectivity index is 2.44. The molecule has 1 atom stereocenters. The van der Waals surface area contributed by atoms with Gasteiger partial charge >= 0.3 is 0 Å². The zero-order valence-corrected chi connectivity index (χ0v) is 12.8. The van der Waals surface area contributed by atoms with E-state index in [1.54, 1.807) is 11.3 Å². The smallest absolute Gasteiger partial charge is 0.213 e. The summed E-state index contributed by atoms with van der Waals surface area (Å²) in [6.45, 7) is 7.31. The van der Waals surface area contributed by atoms with E-state index in [2.05, 4.69) is 17.0 Å². The van der Waals surface area contributed by atoms with Gasteiger partial charge in [-0.25, -0.2) is 13.1 Å². The summed E-state index contributed by atoms with van der Waals surface area (Å²) in [5, 5.41) is 3.09. The second-order valence-electron chi connectivity index (χ2n) is 4.36. The summed E-state index contributed by atoms with van der Waals surface area (Å²) in [5.41, 5.74) is 0. The maximum absolute atomic E-state index is 11.8. The number of hydrogen-bond acceptors (Lipinski definition) is 4. The minimum atomic E-state index is -3.21. The molecule has 6 heteroatoms. The highest BCUT2D eigenvalue weighted by atomic mass is 32.2. The van der Waals surface area contributed by atoms with Crippen molar-refractivity contribution < 1.29 is 8.42 Å². The van der Waals surface area contributed by atoms with Gasteiger partial charge in [-0.2, -0.15) is 0 Å². The first-order chi connectivity index (χ1) is 8.44. The molecule has 0 aliphatic carbocycles. The van der Waals surface area contributed by atoms with Gasteiger partial charge in [0, 0.05) is 16.3 Å². The lowest BCUT2D eigenvalue weighted by Crippen LogP contribution is -2.33. The number of rotatable bonds is 8. The van der Waals surface area contributed by atoms with Gasteiger partial charge in [0.1, 0.15) is 0 Å². The minimum Gasteiger partial charge on any atom is -0.316 e. The first-order valence-electron chi connectivity index (χ1n) is 6.21. The summed E-state index contributed by atoms with van der Waals surface area (Å²) in [5.74, 6) is 0.127. The van der Waals surface area contributed by atoms with Crippen molar-refractivity contribution in [1.29, 1.82) is 0 Å². The topological polar surface area (TPSA) is 58.2 Å². The van der Waals surface area contributed by atoms with Crippen LogP contribution >= 0.6 is 11.3 Å². The number of aryl methyl sites for hydroxylation is 1. The highest BCUT2D eigenvalue weighted by Crippen LogP contribution is 2.22. The number of sulfonamides is 1. The zero-order chi connectivity index (χ0) is 13.6. The fraction of sp³-hybridized carbons (Fsp3) is 0.667. The van der Waals surface area contributed by atoms with Gasteiger partial charge < -0.3 is 5.32 Å². The van der Waals surface area contributed by atoms with E-state index in [4.69, 9.17) is 0 Å². The van der Waals surface area contributed by atoms with E-state index in [1.165, 1.54) is 4.88 Å². The summed E-state index contributed by atoms with van der Waals surface area (Å²) in [6.07, 6.45) is 1.01. The largest absolute Gasteiger partial charge is 0.316 e. The van der Waals surface area contributed by atoms with Crippen molar-refractivity contribution >= 4 is 21.4 Å². The molecule has 0 radical (unpaired) electrons. The molecule has 0 saturated carbocycles. The summed E-state index contributed by atoms with van der Waals surface area (Å²) >= 11 is 1.63. The molecule has 1 rings (SSSR count). The van der Waals surface area contributed by atoms with Crippen LogP contribution in [0.1, 0.15) is 36.1 Å². The summed E-state index contributed by atoms with van der Waals surface area (Å²) < 4.78 is 26.4. The number of hydrogen-bond donors (Lipinski definition) is 2. The van der Waals surface area contributed by atoms with E-state index in [0.29, 0.717) is 6.54 Å². The van der Waals surface area contributed by atoms with Crippen LogP contribution < -0.4 is 10.0 Å². The molecule has 104 valence electrons. The monoisotopic (exact) mass is 290 g/mol. The van der Waals surface area contributed by atoms with Gasteiger partial charge in [0.2, 0.25) is 10.0 Å².